The van der Waals surface area contributed by atoms with Gasteiger partial charge in [-0.25, -0.2) is 0 Å². The van der Waals surface area contributed by atoms with Gasteiger partial charge in [-0.2, -0.15) is 0 Å². The first-order chi connectivity index (χ1) is 7.63. The van der Waals surface area contributed by atoms with Crippen LogP contribution in [0.15, 0.2) is 16.6 Å². The molecule has 0 aliphatic carbocycles. The van der Waals surface area contributed by atoms with Crippen molar-refractivity contribution in [3.8, 4) is 11.5 Å². The Hall–Kier alpha value is -0.810. The Balaban J connectivity index is 3.11. The fourth-order valence-corrected chi connectivity index (χ4v) is 1.94. The Morgan fingerprint density at radius 2 is 1.81 bits per heavy atom. The lowest BCUT2D eigenvalue weighted by atomic mass is 10.0. The highest BCUT2D eigenvalue weighted by Crippen LogP contribution is 2.37. The molecule has 0 unspecified atom stereocenters. The summed E-state index contributed by atoms with van der Waals surface area (Å²) < 4.78 is 23.3. The zero-order chi connectivity index (χ0) is 12.1. The van der Waals surface area contributed by atoms with Gasteiger partial charge in [-0.3, -0.25) is 4.39 Å². The second kappa shape index (κ2) is 6.06. The molecule has 1 rings (SSSR count). The number of benzene rings is 1. The Morgan fingerprint density at radius 3 is 2.19 bits per heavy atom. The molecular formula is C11H15BrFNO2. The van der Waals surface area contributed by atoms with E-state index >= 15 is 0 Å². The maximum absolute atomic E-state index is 12.2. The smallest absolute Gasteiger partial charge is 0.137 e. The lowest BCUT2D eigenvalue weighted by Crippen LogP contribution is -2.11. The molecule has 0 amide bonds. The molecule has 0 fully saturated rings. The summed E-state index contributed by atoms with van der Waals surface area (Å²) in [6, 6.07) is 3.22. The molecule has 90 valence electrons. The molecule has 0 aromatic heterocycles. The van der Waals surface area contributed by atoms with E-state index in [-0.39, 0.29) is 12.5 Å². The van der Waals surface area contributed by atoms with Crippen LogP contribution in [-0.4, -0.2) is 20.9 Å². The fourth-order valence-electron chi connectivity index (χ4n) is 1.39. The van der Waals surface area contributed by atoms with Crippen LogP contribution in [0.4, 0.5) is 4.39 Å². The standard InChI is InChI=1S/C11H15BrFNO2/c1-15-9-5-7(8(14)3-4-13)6-10(16-2)11(9)12/h5-6,8H,3-4,14H2,1-2H3/t8-/m1/s1. The van der Waals surface area contributed by atoms with E-state index in [1.165, 1.54) is 0 Å². The van der Waals surface area contributed by atoms with Crippen molar-refractivity contribution in [2.45, 2.75) is 12.5 Å². The molecule has 0 heterocycles. The summed E-state index contributed by atoms with van der Waals surface area (Å²) in [5.74, 6) is 1.26. The molecule has 2 N–H and O–H groups in total. The Kier molecular flexibility index (Phi) is 5.02. The van der Waals surface area contributed by atoms with E-state index in [2.05, 4.69) is 15.9 Å². The SMILES string of the molecule is COc1cc([C@H](N)CCF)cc(OC)c1Br. The van der Waals surface area contributed by atoms with Gasteiger partial charge in [-0.15, -0.1) is 0 Å². The van der Waals surface area contributed by atoms with Gasteiger partial charge < -0.3 is 15.2 Å². The van der Waals surface area contributed by atoms with Gasteiger partial charge >= 0.3 is 0 Å². The van der Waals surface area contributed by atoms with Crippen LogP contribution in [0.3, 0.4) is 0 Å². The molecule has 0 spiro atoms. The predicted octanol–water partition coefficient (Wildman–Crippen LogP) is 2.83. The predicted molar refractivity (Wildman–Crippen MR) is 64.8 cm³/mol. The second-order valence-electron chi connectivity index (χ2n) is 3.32. The summed E-state index contributed by atoms with van der Waals surface area (Å²) in [5.41, 5.74) is 6.64. The lowest BCUT2D eigenvalue weighted by Gasteiger charge is -2.15. The zero-order valence-corrected chi connectivity index (χ0v) is 10.9. The normalized spacial score (nSPS) is 12.3. The first kappa shape index (κ1) is 13.3. The molecule has 0 radical (unpaired) electrons. The molecule has 0 aliphatic rings. The molecule has 16 heavy (non-hydrogen) atoms. The van der Waals surface area contributed by atoms with Crippen LogP contribution in [-0.2, 0) is 0 Å². The summed E-state index contributed by atoms with van der Waals surface area (Å²) in [6.07, 6.45) is 0.286. The number of alkyl halides is 1. The molecule has 1 aromatic rings. The van der Waals surface area contributed by atoms with Crippen LogP contribution >= 0.6 is 15.9 Å². The average Bonchev–Trinajstić information content (AvgIpc) is 2.29. The molecular weight excluding hydrogens is 277 g/mol. The lowest BCUT2D eigenvalue weighted by molar-refractivity contribution is 0.386. The number of hydrogen-bond acceptors (Lipinski definition) is 3. The van der Waals surface area contributed by atoms with Crippen molar-refractivity contribution in [3.63, 3.8) is 0 Å². The molecule has 1 aromatic carbocycles. The number of hydrogen-bond donors (Lipinski definition) is 1. The first-order valence-electron chi connectivity index (χ1n) is 4.87. The minimum atomic E-state index is -0.443. The summed E-state index contributed by atoms with van der Waals surface area (Å²) in [6.45, 7) is -0.443. The largest absolute Gasteiger partial charge is 0.495 e. The van der Waals surface area contributed by atoms with Gasteiger partial charge in [-0.1, -0.05) is 0 Å². The van der Waals surface area contributed by atoms with E-state index in [0.29, 0.717) is 11.5 Å². The van der Waals surface area contributed by atoms with Gasteiger partial charge in [0.25, 0.3) is 0 Å². The van der Waals surface area contributed by atoms with Crippen LogP contribution < -0.4 is 15.2 Å². The third-order valence-electron chi connectivity index (χ3n) is 2.32. The topological polar surface area (TPSA) is 44.5 Å². The molecule has 0 saturated carbocycles. The van der Waals surface area contributed by atoms with Crippen molar-refractivity contribution in [3.05, 3.63) is 22.2 Å². The first-order valence-corrected chi connectivity index (χ1v) is 5.66. The Bertz CT molecular complexity index is 335. The minimum absolute atomic E-state index is 0.286. The fraction of sp³-hybridized carbons (Fsp3) is 0.455. The van der Waals surface area contributed by atoms with Crippen molar-refractivity contribution in [1.82, 2.24) is 0 Å². The van der Waals surface area contributed by atoms with Gasteiger partial charge in [0.1, 0.15) is 16.0 Å². The molecule has 0 saturated heterocycles. The Morgan fingerprint density at radius 1 is 1.31 bits per heavy atom. The van der Waals surface area contributed by atoms with Crippen LogP contribution in [0, 0.1) is 0 Å². The molecule has 0 aliphatic heterocycles. The monoisotopic (exact) mass is 291 g/mol. The van der Waals surface area contributed by atoms with E-state index < -0.39 is 6.67 Å². The van der Waals surface area contributed by atoms with Gasteiger partial charge in [0.15, 0.2) is 0 Å². The summed E-state index contributed by atoms with van der Waals surface area (Å²) in [7, 11) is 3.12. The Labute approximate surface area is 103 Å². The van der Waals surface area contributed by atoms with E-state index in [1.807, 2.05) is 0 Å². The zero-order valence-electron chi connectivity index (χ0n) is 9.30. The van der Waals surface area contributed by atoms with Crippen LogP contribution in [0.25, 0.3) is 0 Å². The van der Waals surface area contributed by atoms with Crippen LogP contribution in [0.5, 0.6) is 11.5 Å². The van der Waals surface area contributed by atoms with Crippen molar-refractivity contribution in [1.29, 1.82) is 0 Å². The van der Waals surface area contributed by atoms with Crippen molar-refractivity contribution >= 4 is 15.9 Å². The van der Waals surface area contributed by atoms with Crippen molar-refractivity contribution in [2.24, 2.45) is 5.73 Å². The van der Waals surface area contributed by atoms with Crippen LogP contribution in [0.2, 0.25) is 0 Å². The number of halogens is 2. The van der Waals surface area contributed by atoms with Crippen molar-refractivity contribution in [2.75, 3.05) is 20.9 Å². The highest BCUT2D eigenvalue weighted by molar-refractivity contribution is 9.10. The van der Waals surface area contributed by atoms with Gasteiger partial charge in [-0.05, 0) is 40.0 Å². The van der Waals surface area contributed by atoms with Crippen LogP contribution in [0.1, 0.15) is 18.0 Å². The summed E-state index contributed by atoms with van der Waals surface area (Å²) in [4.78, 5) is 0. The van der Waals surface area contributed by atoms with E-state index in [9.17, 15) is 4.39 Å². The number of ether oxygens (including phenoxy) is 2. The average molecular weight is 292 g/mol. The van der Waals surface area contributed by atoms with E-state index in [0.717, 1.165) is 10.0 Å². The molecule has 3 nitrogen and oxygen atoms in total. The number of methoxy groups -OCH3 is 2. The summed E-state index contributed by atoms with van der Waals surface area (Å²) >= 11 is 3.36. The van der Waals surface area contributed by atoms with Gasteiger partial charge in [0, 0.05) is 6.04 Å². The highest BCUT2D eigenvalue weighted by Gasteiger charge is 2.13. The third kappa shape index (κ3) is 2.86. The van der Waals surface area contributed by atoms with Gasteiger partial charge in [0.2, 0.25) is 0 Å². The summed E-state index contributed by atoms with van der Waals surface area (Å²) in [5, 5.41) is 0. The highest BCUT2D eigenvalue weighted by atomic mass is 79.9. The molecule has 1 atom stereocenters. The molecule has 0 bridgehead atoms. The quantitative estimate of drug-likeness (QED) is 0.907. The molecule has 5 heteroatoms. The number of rotatable bonds is 5. The third-order valence-corrected chi connectivity index (χ3v) is 3.10. The van der Waals surface area contributed by atoms with E-state index in [1.54, 1.807) is 26.4 Å². The van der Waals surface area contributed by atoms with E-state index in [4.69, 9.17) is 15.2 Å². The van der Waals surface area contributed by atoms with Crippen molar-refractivity contribution < 1.29 is 13.9 Å². The van der Waals surface area contributed by atoms with Gasteiger partial charge in [0.05, 0.1) is 20.9 Å². The maximum Gasteiger partial charge on any atom is 0.137 e. The minimum Gasteiger partial charge on any atom is -0.495 e. The second-order valence-corrected chi connectivity index (χ2v) is 4.12. The maximum atomic E-state index is 12.2. The number of nitrogens with two attached hydrogens (primary N) is 1.